The summed E-state index contributed by atoms with van der Waals surface area (Å²) in [4.78, 5) is 12.4. The van der Waals surface area contributed by atoms with E-state index >= 15 is 0 Å². The second-order valence-corrected chi connectivity index (χ2v) is 3.19. The van der Waals surface area contributed by atoms with E-state index in [4.69, 9.17) is 14.6 Å². The van der Waals surface area contributed by atoms with Gasteiger partial charge in [-0.15, -0.1) is 0 Å². The van der Waals surface area contributed by atoms with Gasteiger partial charge >= 0.3 is 0 Å². The quantitative estimate of drug-likeness (QED) is 0.833. The number of nitrogens with zero attached hydrogens (tertiary/aromatic N) is 1. The molecule has 4 nitrogen and oxygen atoms in total. The van der Waals surface area contributed by atoms with Gasteiger partial charge in [0.15, 0.2) is 0 Å². The first-order chi connectivity index (χ1) is 9.26. The zero-order valence-electron chi connectivity index (χ0n) is 11.4. The average Bonchev–Trinajstić information content (AvgIpc) is 2.46. The Bertz CT molecular complexity index is 441. The SMILES string of the molecule is CC.Cc1ccc(Oc2ccccn2)cc1.O=CO. The van der Waals surface area contributed by atoms with Gasteiger partial charge in [-0.2, -0.15) is 0 Å². The Morgan fingerprint density at radius 1 is 1.11 bits per heavy atom. The molecule has 0 saturated carbocycles. The van der Waals surface area contributed by atoms with Crippen LogP contribution in [0.2, 0.25) is 0 Å². The summed E-state index contributed by atoms with van der Waals surface area (Å²) in [7, 11) is 0. The van der Waals surface area contributed by atoms with Crippen LogP contribution in [0.15, 0.2) is 48.7 Å². The maximum Gasteiger partial charge on any atom is 0.290 e. The minimum absolute atomic E-state index is 0.250. The van der Waals surface area contributed by atoms with Gasteiger partial charge in [-0.3, -0.25) is 4.79 Å². The molecule has 0 bridgehead atoms. The Balaban J connectivity index is 0.000000573. The Morgan fingerprint density at radius 2 is 1.68 bits per heavy atom. The highest BCUT2D eigenvalue weighted by molar-refractivity contribution is 5.32. The Morgan fingerprint density at radius 3 is 2.16 bits per heavy atom. The molecular weight excluding hydrogens is 242 g/mol. The summed E-state index contributed by atoms with van der Waals surface area (Å²) >= 11 is 0. The lowest BCUT2D eigenvalue weighted by Gasteiger charge is -2.03. The maximum atomic E-state index is 8.36. The molecule has 0 aliphatic heterocycles. The standard InChI is InChI=1S/C12H11NO.C2H6.CH2O2/c1-10-5-7-11(8-6-10)14-12-4-2-3-9-13-12;1-2;2-1-3/h2-9H,1H3;1-2H3;1H,(H,2,3). The third-order valence-electron chi connectivity index (χ3n) is 1.88. The first-order valence-electron chi connectivity index (χ1n) is 5.99. The zero-order chi connectivity index (χ0) is 14.5. The van der Waals surface area contributed by atoms with E-state index in [1.165, 1.54) is 5.56 Å². The van der Waals surface area contributed by atoms with Gasteiger partial charge < -0.3 is 9.84 Å². The van der Waals surface area contributed by atoms with Gasteiger partial charge in [0.05, 0.1) is 0 Å². The third-order valence-corrected chi connectivity index (χ3v) is 1.88. The lowest BCUT2D eigenvalue weighted by molar-refractivity contribution is -0.122. The molecular formula is C15H19NO3. The molecule has 1 aromatic heterocycles. The highest BCUT2D eigenvalue weighted by atomic mass is 16.5. The number of rotatable bonds is 2. The van der Waals surface area contributed by atoms with Gasteiger partial charge in [-0.1, -0.05) is 37.6 Å². The van der Waals surface area contributed by atoms with Crippen molar-refractivity contribution in [2.45, 2.75) is 20.8 Å². The van der Waals surface area contributed by atoms with Crippen LogP contribution in [-0.2, 0) is 4.79 Å². The van der Waals surface area contributed by atoms with Crippen LogP contribution in [0.4, 0.5) is 0 Å². The van der Waals surface area contributed by atoms with E-state index in [-0.39, 0.29) is 6.47 Å². The van der Waals surface area contributed by atoms with Crippen LogP contribution in [0.1, 0.15) is 19.4 Å². The van der Waals surface area contributed by atoms with Crippen LogP contribution in [-0.4, -0.2) is 16.6 Å². The Labute approximate surface area is 113 Å². The number of hydrogen-bond acceptors (Lipinski definition) is 3. The number of aromatic nitrogens is 1. The van der Waals surface area contributed by atoms with E-state index in [9.17, 15) is 0 Å². The second kappa shape index (κ2) is 10.8. The fraction of sp³-hybridized carbons (Fsp3) is 0.200. The minimum Gasteiger partial charge on any atom is -0.483 e. The van der Waals surface area contributed by atoms with Crippen molar-refractivity contribution < 1.29 is 14.6 Å². The molecule has 0 spiro atoms. The minimum atomic E-state index is -0.250. The normalized spacial score (nSPS) is 8.16. The van der Waals surface area contributed by atoms with Crippen molar-refractivity contribution in [2.75, 3.05) is 0 Å². The summed E-state index contributed by atoms with van der Waals surface area (Å²) < 4.78 is 5.52. The topological polar surface area (TPSA) is 59.4 Å². The van der Waals surface area contributed by atoms with Crippen molar-refractivity contribution in [2.24, 2.45) is 0 Å². The van der Waals surface area contributed by atoms with Crippen LogP contribution >= 0.6 is 0 Å². The first-order valence-corrected chi connectivity index (χ1v) is 5.99. The zero-order valence-corrected chi connectivity index (χ0v) is 11.4. The van der Waals surface area contributed by atoms with E-state index in [1.54, 1.807) is 6.20 Å². The van der Waals surface area contributed by atoms with Crippen LogP contribution in [0, 0.1) is 6.92 Å². The van der Waals surface area contributed by atoms with Crippen LogP contribution in [0.3, 0.4) is 0 Å². The molecule has 0 aliphatic carbocycles. The van der Waals surface area contributed by atoms with Gasteiger partial charge in [0, 0.05) is 12.3 Å². The van der Waals surface area contributed by atoms with E-state index in [1.807, 2.05) is 63.2 Å². The molecule has 2 aromatic rings. The maximum absolute atomic E-state index is 8.36. The van der Waals surface area contributed by atoms with Crippen molar-refractivity contribution in [1.82, 2.24) is 4.98 Å². The third kappa shape index (κ3) is 7.54. The van der Waals surface area contributed by atoms with Crippen LogP contribution < -0.4 is 4.74 Å². The number of aryl methyl sites for hydroxylation is 1. The van der Waals surface area contributed by atoms with Gasteiger partial charge in [0.2, 0.25) is 5.88 Å². The molecule has 1 heterocycles. The molecule has 4 heteroatoms. The predicted molar refractivity (Wildman–Crippen MR) is 75.5 cm³/mol. The summed E-state index contributed by atoms with van der Waals surface area (Å²) in [6.07, 6.45) is 1.71. The van der Waals surface area contributed by atoms with Crippen molar-refractivity contribution in [1.29, 1.82) is 0 Å². The molecule has 2 rings (SSSR count). The molecule has 19 heavy (non-hydrogen) atoms. The fourth-order valence-electron chi connectivity index (χ4n) is 1.13. The van der Waals surface area contributed by atoms with Crippen LogP contribution in [0.25, 0.3) is 0 Å². The fourth-order valence-corrected chi connectivity index (χ4v) is 1.13. The number of benzene rings is 1. The summed E-state index contributed by atoms with van der Waals surface area (Å²) in [6.45, 7) is 5.80. The first kappa shape index (κ1) is 16.6. The summed E-state index contributed by atoms with van der Waals surface area (Å²) in [5.41, 5.74) is 1.22. The summed E-state index contributed by atoms with van der Waals surface area (Å²) in [5, 5.41) is 6.89. The monoisotopic (exact) mass is 261 g/mol. The molecule has 1 aromatic carbocycles. The Kier molecular flexibility index (Phi) is 9.43. The van der Waals surface area contributed by atoms with Crippen molar-refractivity contribution >= 4 is 6.47 Å². The van der Waals surface area contributed by atoms with Crippen molar-refractivity contribution in [3.63, 3.8) is 0 Å². The number of ether oxygens (including phenoxy) is 1. The van der Waals surface area contributed by atoms with Crippen molar-refractivity contribution in [3.8, 4) is 11.6 Å². The number of pyridine rings is 1. The summed E-state index contributed by atoms with van der Waals surface area (Å²) in [5.74, 6) is 1.44. The van der Waals surface area contributed by atoms with Gasteiger partial charge in [-0.25, -0.2) is 4.98 Å². The van der Waals surface area contributed by atoms with Gasteiger partial charge in [0.1, 0.15) is 5.75 Å². The highest BCUT2D eigenvalue weighted by Crippen LogP contribution is 2.18. The highest BCUT2D eigenvalue weighted by Gasteiger charge is 1.95. The second-order valence-electron chi connectivity index (χ2n) is 3.19. The molecule has 0 aliphatic rings. The molecule has 0 atom stereocenters. The van der Waals surface area contributed by atoms with E-state index in [2.05, 4.69) is 4.98 Å². The van der Waals surface area contributed by atoms with E-state index in [0.717, 1.165) is 5.75 Å². The van der Waals surface area contributed by atoms with Crippen LogP contribution in [0.5, 0.6) is 11.6 Å². The van der Waals surface area contributed by atoms with Crippen molar-refractivity contribution in [3.05, 3.63) is 54.2 Å². The molecule has 0 unspecified atom stereocenters. The molecule has 102 valence electrons. The number of carboxylic acid groups (broad SMARTS) is 1. The van der Waals surface area contributed by atoms with Gasteiger partial charge in [0.25, 0.3) is 6.47 Å². The lowest BCUT2D eigenvalue weighted by Crippen LogP contribution is -1.86. The molecule has 0 saturated heterocycles. The van der Waals surface area contributed by atoms with E-state index < -0.39 is 0 Å². The molecule has 0 amide bonds. The molecule has 1 N–H and O–H groups in total. The van der Waals surface area contributed by atoms with E-state index in [0.29, 0.717) is 5.88 Å². The number of carbonyl (C=O) groups is 1. The predicted octanol–water partition coefficient (Wildman–Crippen LogP) is 3.91. The average molecular weight is 261 g/mol. The smallest absolute Gasteiger partial charge is 0.290 e. The summed E-state index contributed by atoms with van der Waals surface area (Å²) in [6, 6.07) is 13.5. The largest absolute Gasteiger partial charge is 0.483 e. The Hall–Kier alpha value is -2.36. The lowest BCUT2D eigenvalue weighted by atomic mass is 10.2. The van der Waals surface area contributed by atoms with Gasteiger partial charge in [-0.05, 0) is 25.1 Å². The molecule has 0 radical (unpaired) electrons. The molecule has 0 fully saturated rings. The number of hydrogen-bond donors (Lipinski definition) is 1.